The van der Waals surface area contributed by atoms with Gasteiger partial charge in [0.1, 0.15) is 11.4 Å². The Kier molecular flexibility index (Phi) is 7.24. The van der Waals surface area contributed by atoms with Crippen LogP contribution < -0.4 is 4.90 Å². The van der Waals surface area contributed by atoms with E-state index in [1.54, 1.807) is 11.0 Å². The molecule has 1 spiro atoms. The summed E-state index contributed by atoms with van der Waals surface area (Å²) in [6.07, 6.45) is 1.53. The number of ether oxygens (including phenoxy) is 1. The van der Waals surface area contributed by atoms with Crippen LogP contribution in [0.1, 0.15) is 39.3 Å². The van der Waals surface area contributed by atoms with Crippen molar-refractivity contribution in [2.45, 2.75) is 52.3 Å². The Morgan fingerprint density at radius 1 is 1.08 bits per heavy atom. The molecule has 2 aliphatic heterocycles. The monoisotopic (exact) mass is 494 g/mol. The number of amides is 1. The van der Waals surface area contributed by atoms with E-state index in [9.17, 15) is 9.18 Å². The van der Waals surface area contributed by atoms with Crippen LogP contribution in [0.25, 0.3) is 10.9 Å². The molecular weight excluding hydrogens is 463 g/mol. The summed E-state index contributed by atoms with van der Waals surface area (Å²) in [6, 6.07) is 14.6. The van der Waals surface area contributed by atoms with E-state index in [1.807, 2.05) is 41.1 Å². The zero-order valence-corrected chi connectivity index (χ0v) is 20.9. The summed E-state index contributed by atoms with van der Waals surface area (Å²) in [5.74, 6) is -0.240. The molecule has 0 unspecified atom stereocenters. The Balaban J connectivity index is 0.000000967. The number of carbonyl (C=O) groups excluding carboxylic acids is 3. The van der Waals surface area contributed by atoms with E-state index >= 15 is 0 Å². The number of para-hydroxylation sites is 1. The van der Waals surface area contributed by atoms with Crippen LogP contribution in [-0.2, 0) is 27.4 Å². The van der Waals surface area contributed by atoms with Gasteiger partial charge >= 0.3 is 12.2 Å². The van der Waals surface area contributed by atoms with Crippen molar-refractivity contribution >= 4 is 28.8 Å². The molecule has 3 aromatic rings. The smallest absolute Gasteiger partial charge is 0.415 e. The number of piperidine rings is 1. The van der Waals surface area contributed by atoms with Gasteiger partial charge in [0, 0.05) is 50.1 Å². The first-order valence-corrected chi connectivity index (χ1v) is 12.1. The van der Waals surface area contributed by atoms with Crippen LogP contribution >= 0.6 is 0 Å². The van der Waals surface area contributed by atoms with Crippen LogP contribution in [0.2, 0.25) is 0 Å². The minimum atomic E-state index is -0.441. The van der Waals surface area contributed by atoms with Crippen molar-refractivity contribution in [2.24, 2.45) is 5.41 Å². The molecule has 1 amide bonds. The summed E-state index contributed by atoms with van der Waals surface area (Å²) >= 11 is 0. The minimum Gasteiger partial charge on any atom is -0.441 e. The highest BCUT2D eigenvalue weighted by Gasteiger charge is 2.47. The van der Waals surface area contributed by atoms with Gasteiger partial charge < -0.3 is 4.74 Å². The molecular formula is C27H31FN4O4. The quantitative estimate of drug-likeness (QED) is 0.526. The fraction of sp³-hybridized carbons (Fsp3) is 0.444. The molecule has 0 bridgehead atoms. The van der Waals surface area contributed by atoms with Gasteiger partial charge in [0.2, 0.25) is 0 Å². The number of aromatic nitrogens is 2. The average molecular weight is 495 g/mol. The van der Waals surface area contributed by atoms with Gasteiger partial charge in [0.05, 0.1) is 17.8 Å². The number of benzene rings is 2. The molecule has 190 valence electrons. The van der Waals surface area contributed by atoms with Gasteiger partial charge in [-0.05, 0) is 35.7 Å². The normalized spacial score (nSPS) is 17.6. The highest BCUT2D eigenvalue weighted by atomic mass is 19.1. The lowest BCUT2D eigenvalue weighted by molar-refractivity contribution is -0.191. The summed E-state index contributed by atoms with van der Waals surface area (Å²) in [7, 11) is 0. The van der Waals surface area contributed by atoms with Gasteiger partial charge in [-0.25, -0.2) is 9.18 Å². The number of anilines is 1. The Morgan fingerprint density at radius 2 is 1.75 bits per heavy atom. The number of rotatable bonds is 4. The summed E-state index contributed by atoms with van der Waals surface area (Å²) in [4.78, 5) is 32.9. The highest BCUT2D eigenvalue weighted by Crippen LogP contribution is 2.36. The molecule has 0 saturated carbocycles. The molecule has 9 heteroatoms. The van der Waals surface area contributed by atoms with E-state index in [0.717, 1.165) is 54.8 Å². The maximum absolute atomic E-state index is 14.1. The van der Waals surface area contributed by atoms with Crippen molar-refractivity contribution in [3.8, 4) is 0 Å². The third-order valence-corrected chi connectivity index (χ3v) is 6.59. The van der Waals surface area contributed by atoms with Gasteiger partial charge in [-0.3, -0.25) is 14.5 Å². The van der Waals surface area contributed by atoms with Crippen LogP contribution in [0.5, 0.6) is 0 Å². The zero-order valence-electron chi connectivity index (χ0n) is 20.9. The fourth-order valence-electron chi connectivity index (χ4n) is 4.93. The van der Waals surface area contributed by atoms with Crippen LogP contribution in [0.3, 0.4) is 0 Å². The van der Waals surface area contributed by atoms with Crippen molar-refractivity contribution in [1.29, 1.82) is 0 Å². The number of hydrogen-bond donors (Lipinski definition) is 0. The molecule has 36 heavy (non-hydrogen) atoms. The van der Waals surface area contributed by atoms with Gasteiger partial charge in [0.25, 0.3) is 0 Å². The molecule has 0 radical (unpaired) electrons. The van der Waals surface area contributed by atoms with E-state index in [-0.39, 0.29) is 23.5 Å². The van der Waals surface area contributed by atoms with Crippen molar-refractivity contribution in [1.82, 2.24) is 14.7 Å². The molecule has 2 fully saturated rings. The minimum absolute atomic E-state index is 0.0685. The largest absolute Gasteiger partial charge is 0.441 e. The van der Waals surface area contributed by atoms with Gasteiger partial charge in [0.15, 0.2) is 0 Å². The Hall–Kier alpha value is -3.55. The van der Waals surface area contributed by atoms with Crippen LogP contribution in [0.15, 0.2) is 48.5 Å². The zero-order chi connectivity index (χ0) is 25.9. The number of fused-ring (bicyclic) bond motifs is 1. The van der Waals surface area contributed by atoms with E-state index in [2.05, 4.69) is 25.7 Å². The molecule has 0 aliphatic carbocycles. The lowest BCUT2D eigenvalue weighted by atomic mass is 9.91. The van der Waals surface area contributed by atoms with Crippen molar-refractivity contribution in [2.75, 3.05) is 24.5 Å². The Labute approximate surface area is 209 Å². The molecule has 2 aromatic carbocycles. The molecule has 1 aromatic heterocycles. The predicted octanol–water partition coefficient (Wildman–Crippen LogP) is 4.63. The Bertz CT molecular complexity index is 1250. The summed E-state index contributed by atoms with van der Waals surface area (Å²) in [5, 5.41) is 5.75. The standard InChI is InChI=1S/C26H31FN4O2.CO2/c1-25(2,3)17-31-23-10-9-19(27)15-21(23)22(28-31)16-29-13-11-26(12-14-29)18-30(24(32)33-26)20-7-5-4-6-8-20;2-1-3/h4-10,15H,11-14,16-18H2,1-3H3;. The molecule has 5 rings (SSSR count). The molecule has 3 heterocycles. The number of nitrogens with zero attached hydrogens (tertiary/aromatic N) is 4. The second-order valence-corrected chi connectivity index (χ2v) is 10.7. The number of likely N-dealkylation sites (tertiary alicyclic amines) is 1. The number of carbonyl (C=O) groups is 1. The molecule has 2 saturated heterocycles. The van der Waals surface area contributed by atoms with Gasteiger partial charge in [-0.2, -0.15) is 14.7 Å². The van der Waals surface area contributed by atoms with Crippen LogP contribution in [0.4, 0.5) is 14.9 Å². The second-order valence-electron chi connectivity index (χ2n) is 10.7. The topological polar surface area (TPSA) is 84.7 Å². The maximum Gasteiger partial charge on any atom is 0.415 e. The van der Waals surface area contributed by atoms with E-state index in [4.69, 9.17) is 19.4 Å². The SMILES string of the molecule is CC(C)(C)Cn1nc(CN2CCC3(CC2)CN(c2ccccc2)C(=O)O3)c2cc(F)ccc21.O=C=O. The van der Waals surface area contributed by atoms with E-state index in [0.29, 0.717) is 13.1 Å². The summed E-state index contributed by atoms with van der Waals surface area (Å²) in [6.45, 7) is 10.1. The first-order chi connectivity index (χ1) is 17.1. The molecule has 2 aliphatic rings. The van der Waals surface area contributed by atoms with Crippen molar-refractivity contribution in [3.63, 3.8) is 0 Å². The van der Waals surface area contributed by atoms with Crippen LogP contribution in [-0.4, -0.2) is 52.2 Å². The fourth-order valence-corrected chi connectivity index (χ4v) is 4.93. The first kappa shape index (κ1) is 25.5. The van der Waals surface area contributed by atoms with Crippen LogP contribution in [0, 0.1) is 11.2 Å². The second kappa shape index (κ2) is 10.2. The van der Waals surface area contributed by atoms with Crippen molar-refractivity contribution in [3.05, 3.63) is 60.0 Å². The summed E-state index contributed by atoms with van der Waals surface area (Å²) < 4.78 is 21.9. The van der Waals surface area contributed by atoms with E-state index in [1.165, 1.54) is 6.07 Å². The van der Waals surface area contributed by atoms with Gasteiger partial charge in [-0.1, -0.05) is 39.0 Å². The van der Waals surface area contributed by atoms with Crippen molar-refractivity contribution < 1.29 is 23.5 Å². The number of halogens is 1. The summed E-state index contributed by atoms with van der Waals surface area (Å²) in [5.41, 5.74) is 2.37. The first-order valence-electron chi connectivity index (χ1n) is 12.1. The lowest BCUT2D eigenvalue weighted by Crippen LogP contribution is -2.46. The van der Waals surface area contributed by atoms with E-state index < -0.39 is 5.60 Å². The maximum atomic E-state index is 14.1. The van der Waals surface area contributed by atoms with Gasteiger partial charge in [-0.15, -0.1) is 0 Å². The predicted molar refractivity (Wildman–Crippen MR) is 132 cm³/mol. The third kappa shape index (κ3) is 5.64. The number of hydrogen-bond acceptors (Lipinski definition) is 6. The molecule has 0 atom stereocenters. The molecule has 0 N–H and O–H groups in total. The lowest BCUT2D eigenvalue weighted by Gasteiger charge is -2.37. The molecule has 8 nitrogen and oxygen atoms in total. The third-order valence-electron chi connectivity index (χ3n) is 6.59. The highest BCUT2D eigenvalue weighted by molar-refractivity contribution is 5.90. The Morgan fingerprint density at radius 3 is 2.39 bits per heavy atom. The average Bonchev–Trinajstić information content (AvgIpc) is 3.32.